The number of ether oxygens (including phenoxy) is 1. The summed E-state index contributed by atoms with van der Waals surface area (Å²) in [6.45, 7) is 1.70. The van der Waals surface area contributed by atoms with Gasteiger partial charge in [0.2, 0.25) is 5.91 Å². The number of aromatic nitrogens is 3. The van der Waals surface area contributed by atoms with Crippen molar-refractivity contribution in [1.82, 2.24) is 19.7 Å². The summed E-state index contributed by atoms with van der Waals surface area (Å²) in [5.74, 6) is 0.517. The van der Waals surface area contributed by atoms with Gasteiger partial charge in [0.25, 0.3) is 0 Å². The summed E-state index contributed by atoms with van der Waals surface area (Å²) in [7, 11) is 1.75. The Bertz CT molecular complexity index is 579. The minimum Gasteiger partial charge on any atom is -0.480 e. The van der Waals surface area contributed by atoms with E-state index in [1.807, 2.05) is 0 Å². The van der Waals surface area contributed by atoms with Crippen molar-refractivity contribution in [1.29, 1.82) is 0 Å². The molecule has 0 saturated carbocycles. The lowest BCUT2D eigenvalue weighted by molar-refractivity contribution is -0.138. The zero-order chi connectivity index (χ0) is 15.7. The number of likely N-dealkylation sites (N-methyl/N-ethyl adjacent to an activating group) is 1. The van der Waals surface area contributed by atoms with Crippen LogP contribution in [0.15, 0.2) is 0 Å². The van der Waals surface area contributed by atoms with Crippen LogP contribution in [0.4, 0.5) is 0 Å². The molecule has 0 spiro atoms. The number of carbonyl (C=O) groups is 2. The number of rotatable bonds is 4. The van der Waals surface area contributed by atoms with Gasteiger partial charge < -0.3 is 14.7 Å². The Kier molecular flexibility index (Phi) is 4.10. The average Bonchev–Trinajstić information content (AvgIpc) is 3.04. The van der Waals surface area contributed by atoms with Gasteiger partial charge >= 0.3 is 5.97 Å². The molecular weight excluding hydrogens is 288 g/mol. The maximum absolute atomic E-state index is 11.7. The van der Waals surface area contributed by atoms with E-state index in [4.69, 9.17) is 9.84 Å². The number of likely N-dealkylation sites (tertiary alicyclic amines) is 1. The van der Waals surface area contributed by atoms with Crippen molar-refractivity contribution in [2.24, 2.45) is 0 Å². The van der Waals surface area contributed by atoms with Crippen molar-refractivity contribution in [2.75, 3.05) is 26.8 Å². The fraction of sp³-hybridized carbons (Fsp3) is 0.714. The first-order chi connectivity index (χ1) is 10.5. The van der Waals surface area contributed by atoms with Gasteiger partial charge in [-0.25, -0.2) is 9.67 Å². The summed E-state index contributed by atoms with van der Waals surface area (Å²) in [5.41, 5.74) is 0. The summed E-state index contributed by atoms with van der Waals surface area (Å²) < 4.78 is 6.79. The van der Waals surface area contributed by atoms with Crippen LogP contribution in [0.3, 0.4) is 0 Å². The van der Waals surface area contributed by atoms with Gasteiger partial charge in [-0.05, 0) is 12.8 Å². The number of carboxylic acids is 1. The molecule has 22 heavy (non-hydrogen) atoms. The standard InChI is InChI=1S/C14H20N4O4/c1-17-7-10(6-11(17)19)14-15-13(9-2-4-22-5-3-9)16-18(14)8-12(20)21/h9-10H,2-8H2,1H3,(H,20,21)/t10-/m0/s1. The van der Waals surface area contributed by atoms with Crippen LogP contribution >= 0.6 is 0 Å². The predicted octanol–water partition coefficient (Wildman–Crippen LogP) is 0.202. The van der Waals surface area contributed by atoms with Crippen molar-refractivity contribution >= 4 is 11.9 Å². The topological polar surface area (TPSA) is 97.6 Å². The smallest absolute Gasteiger partial charge is 0.325 e. The number of hydrogen-bond acceptors (Lipinski definition) is 5. The normalized spacial score (nSPS) is 23.2. The van der Waals surface area contributed by atoms with Crippen molar-refractivity contribution in [2.45, 2.75) is 37.6 Å². The molecule has 8 nitrogen and oxygen atoms in total. The predicted molar refractivity (Wildman–Crippen MR) is 75.4 cm³/mol. The van der Waals surface area contributed by atoms with E-state index in [9.17, 15) is 9.59 Å². The molecular formula is C14H20N4O4. The molecule has 1 N–H and O–H groups in total. The van der Waals surface area contributed by atoms with E-state index < -0.39 is 5.97 Å². The summed E-state index contributed by atoms with van der Waals surface area (Å²) in [4.78, 5) is 29.0. The first-order valence-corrected chi connectivity index (χ1v) is 7.52. The van der Waals surface area contributed by atoms with Crippen molar-refractivity contribution in [3.8, 4) is 0 Å². The molecule has 0 radical (unpaired) electrons. The second-order valence-corrected chi connectivity index (χ2v) is 5.94. The summed E-state index contributed by atoms with van der Waals surface area (Å²) in [5, 5.41) is 13.5. The van der Waals surface area contributed by atoms with Crippen LogP contribution in [-0.2, 0) is 20.9 Å². The molecule has 2 saturated heterocycles. The van der Waals surface area contributed by atoms with Gasteiger partial charge in [0.15, 0.2) is 5.82 Å². The number of amides is 1. The zero-order valence-electron chi connectivity index (χ0n) is 12.6. The average molecular weight is 308 g/mol. The van der Waals surface area contributed by atoms with Crippen molar-refractivity contribution in [3.05, 3.63) is 11.6 Å². The molecule has 2 aliphatic heterocycles. The van der Waals surface area contributed by atoms with Gasteiger partial charge in [0.05, 0.1) is 0 Å². The Morgan fingerprint density at radius 2 is 2.09 bits per heavy atom. The van der Waals surface area contributed by atoms with Crippen molar-refractivity contribution in [3.63, 3.8) is 0 Å². The SMILES string of the molecule is CN1C[C@@H](c2nc(C3CCOCC3)nn2CC(=O)O)CC1=O. The van der Waals surface area contributed by atoms with E-state index in [2.05, 4.69) is 10.1 Å². The van der Waals surface area contributed by atoms with Gasteiger partial charge in [-0.2, -0.15) is 5.10 Å². The highest BCUT2D eigenvalue weighted by atomic mass is 16.5. The second kappa shape index (κ2) is 6.04. The van der Waals surface area contributed by atoms with Gasteiger partial charge in [-0.15, -0.1) is 0 Å². The minimum atomic E-state index is -0.956. The van der Waals surface area contributed by atoms with E-state index in [1.165, 1.54) is 4.68 Å². The molecule has 8 heteroatoms. The molecule has 1 aromatic heterocycles. The monoisotopic (exact) mass is 308 g/mol. The van der Waals surface area contributed by atoms with E-state index in [-0.39, 0.29) is 24.3 Å². The quantitative estimate of drug-likeness (QED) is 0.853. The number of nitrogens with zero attached hydrogens (tertiary/aromatic N) is 4. The van der Waals surface area contributed by atoms with Gasteiger partial charge in [-0.1, -0.05) is 0 Å². The third-order valence-electron chi connectivity index (χ3n) is 4.29. The highest BCUT2D eigenvalue weighted by molar-refractivity contribution is 5.79. The third-order valence-corrected chi connectivity index (χ3v) is 4.29. The molecule has 2 fully saturated rings. The maximum Gasteiger partial charge on any atom is 0.325 e. The van der Waals surface area contributed by atoms with E-state index >= 15 is 0 Å². The molecule has 120 valence electrons. The lowest BCUT2D eigenvalue weighted by Gasteiger charge is -2.18. The molecule has 1 aromatic rings. The summed E-state index contributed by atoms with van der Waals surface area (Å²) >= 11 is 0. The van der Waals surface area contributed by atoms with Crippen LogP contribution in [0.2, 0.25) is 0 Å². The van der Waals surface area contributed by atoms with Crippen LogP contribution in [0.25, 0.3) is 0 Å². The summed E-state index contributed by atoms with van der Waals surface area (Å²) in [6, 6.07) is 0. The number of carbonyl (C=O) groups excluding carboxylic acids is 1. The van der Waals surface area contributed by atoms with Gasteiger partial charge in [0.1, 0.15) is 12.4 Å². The van der Waals surface area contributed by atoms with Gasteiger partial charge in [0, 0.05) is 45.1 Å². The Morgan fingerprint density at radius 3 is 2.68 bits per heavy atom. The van der Waals surface area contributed by atoms with E-state index in [1.54, 1.807) is 11.9 Å². The van der Waals surface area contributed by atoms with E-state index in [0.29, 0.717) is 37.8 Å². The molecule has 0 bridgehead atoms. The molecule has 0 aromatic carbocycles. The van der Waals surface area contributed by atoms with Crippen molar-refractivity contribution < 1.29 is 19.4 Å². The maximum atomic E-state index is 11.7. The van der Waals surface area contributed by atoms with E-state index in [0.717, 1.165) is 12.8 Å². The first-order valence-electron chi connectivity index (χ1n) is 7.52. The Hall–Kier alpha value is -1.96. The molecule has 1 amide bonds. The highest BCUT2D eigenvalue weighted by Crippen LogP contribution is 2.29. The molecule has 1 atom stereocenters. The molecule has 3 rings (SSSR count). The Balaban J connectivity index is 1.87. The first kappa shape index (κ1) is 15.0. The molecule has 3 heterocycles. The fourth-order valence-electron chi connectivity index (χ4n) is 3.08. The highest BCUT2D eigenvalue weighted by Gasteiger charge is 2.33. The summed E-state index contributed by atoms with van der Waals surface area (Å²) in [6.07, 6.45) is 2.06. The van der Waals surface area contributed by atoms with Crippen LogP contribution < -0.4 is 0 Å². The van der Waals surface area contributed by atoms with Crippen LogP contribution in [0, 0.1) is 0 Å². The van der Waals surface area contributed by atoms with Crippen LogP contribution in [-0.4, -0.2) is 63.5 Å². The number of aliphatic carboxylic acids is 1. The molecule has 2 aliphatic rings. The number of hydrogen-bond donors (Lipinski definition) is 1. The molecule has 0 aliphatic carbocycles. The molecule has 0 unspecified atom stereocenters. The minimum absolute atomic E-state index is 0.0579. The Labute approximate surface area is 128 Å². The lowest BCUT2D eigenvalue weighted by atomic mass is 10.00. The lowest BCUT2D eigenvalue weighted by Crippen LogP contribution is -2.20. The Morgan fingerprint density at radius 1 is 1.36 bits per heavy atom. The second-order valence-electron chi connectivity index (χ2n) is 5.94. The third kappa shape index (κ3) is 2.96. The van der Waals surface area contributed by atoms with Gasteiger partial charge in [-0.3, -0.25) is 9.59 Å². The van der Waals surface area contributed by atoms with Crippen LogP contribution in [0.5, 0.6) is 0 Å². The largest absolute Gasteiger partial charge is 0.480 e. The van der Waals surface area contributed by atoms with Crippen LogP contribution in [0.1, 0.15) is 42.7 Å². The zero-order valence-corrected chi connectivity index (χ0v) is 12.6. The number of carboxylic acid groups (broad SMARTS) is 1. The fourth-order valence-corrected chi connectivity index (χ4v) is 3.08.